The summed E-state index contributed by atoms with van der Waals surface area (Å²) in [4.78, 5) is 14.7. The van der Waals surface area contributed by atoms with E-state index in [0.717, 1.165) is 29.6 Å². The van der Waals surface area contributed by atoms with Crippen LogP contribution in [0.5, 0.6) is 0 Å². The van der Waals surface area contributed by atoms with E-state index in [0.29, 0.717) is 11.4 Å². The monoisotopic (exact) mass is 278 g/mol. The summed E-state index contributed by atoms with van der Waals surface area (Å²) in [6.07, 6.45) is 3.45. The van der Waals surface area contributed by atoms with Crippen LogP contribution in [-0.4, -0.2) is 22.6 Å². The van der Waals surface area contributed by atoms with Crippen molar-refractivity contribution in [3.05, 3.63) is 35.5 Å². The SMILES string of the molecule is O=C(O)CCCCNc1ccnc2cc(Cl)ccc12. The number of carboxylic acid groups (broad SMARTS) is 1. The average molecular weight is 279 g/mol. The lowest BCUT2D eigenvalue weighted by atomic mass is 10.2. The highest BCUT2D eigenvalue weighted by molar-refractivity contribution is 6.31. The van der Waals surface area contributed by atoms with Gasteiger partial charge in [0.1, 0.15) is 0 Å². The highest BCUT2D eigenvalue weighted by Gasteiger charge is 2.02. The van der Waals surface area contributed by atoms with E-state index in [9.17, 15) is 4.79 Å². The van der Waals surface area contributed by atoms with Crippen molar-refractivity contribution in [1.82, 2.24) is 4.98 Å². The molecule has 4 nitrogen and oxygen atoms in total. The van der Waals surface area contributed by atoms with Crippen LogP contribution in [0.4, 0.5) is 5.69 Å². The van der Waals surface area contributed by atoms with E-state index in [1.165, 1.54) is 0 Å². The van der Waals surface area contributed by atoms with Gasteiger partial charge < -0.3 is 10.4 Å². The van der Waals surface area contributed by atoms with Gasteiger partial charge in [0.05, 0.1) is 5.52 Å². The Hall–Kier alpha value is -1.81. The predicted octanol–water partition coefficient (Wildman–Crippen LogP) is 3.56. The highest BCUT2D eigenvalue weighted by Crippen LogP contribution is 2.24. The van der Waals surface area contributed by atoms with E-state index >= 15 is 0 Å². The lowest BCUT2D eigenvalue weighted by molar-refractivity contribution is -0.137. The second-order valence-corrected chi connectivity index (χ2v) is 4.73. The molecule has 0 unspecified atom stereocenters. The molecule has 19 heavy (non-hydrogen) atoms. The number of aliphatic carboxylic acids is 1. The van der Waals surface area contributed by atoms with Crippen molar-refractivity contribution < 1.29 is 9.90 Å². The van der Waals surface area contributed by atoms with E-state index in [1.807, 2.05) is 24.3 Å². The number of carbonyl (C=O) groups is 1. The fraction of sp³-hybridized carbons (Fsp3) is 0.286. The minimum atomic E-state index is -0.746. The van der Waals surface area contributed by atoms with Gasteiger partial charge in [0, 0.05) is 35.3 Å². The standard InChI is InChI=1S/C14H15ClN2O2/c15-10-4-5-11-12(6-8-17-13(11)9-10)16-7-2-1-3-14(18)19/h4-6,8-9H,1-3,7H2,(H,16,17)(H,18,19). The number of pyridine rings is 1. The van der Waals surface area contributed by atoms with Crippen LogP contribution >= 0.6 is 11.6 Å². The molecule has 2 aromatic rings. The van der Waals surface area contributed by atoms with Crippen molar-refractivity contribution in [2.45, 2.75) is 19.3 Å². The zero-order valence-corrected chi connectivity index (χ0v) is 11.2. The van der Waals surface area contributed by atoms with Gasteiger partial charge in [0.2, 0.25) is 0 Å². The summed E-state index contributed by atoms with van der Waals surface area (Å²) in [5, 5.41) is 13.5. The largest absolute Gasteiger partial charge is 0.481 e. The third-order valence-electron chi connectivity index (χ3n) is 2.84. The Morgan fingerprint density at radius 2 is 2.16 bits per heavy atom. The molecule has 1 aromatic heterocycles. The first kappa shape index (κ1) is 13.6. The number of rotatable bonds is 6. The average Bonchev–Trinajstić information content (AvgIpc) is 2.37. The molecular weight excluding hydrogens is 264 g/mol. The maximum absolute atomic E-state index is 10.4. The smallest absolute Gasteiger partial charge is 0.303 e. The molecule has 0 spiro atoms. The van der Waals surface area contributed by atoms with Crippen molar-refractivity contribution in [2.24, 2.45) is 0 Å². The summed E-state index contributed by atoms with van der Waals surface area (Å²) in [5.41, 5.74) is 1.85. The van der Waals surface area contributed by atoms with Crippen LogP contribution in [0, 0.1) is 0 Å². The molecule has 0 saturated carbocycles. The third-order valence-corrected chi connectivity index (χ3v) is 3.07. The number of carboxylic acids is 1. The number of aromatic nitrogens is 1. The molecule has 0 aliphatic rings. The van der Waals surface area contributed by atoms with Crippen LogP contribution in [-0.2, 0) is 4.79 Å². The molecule has 2 N–H and O–H groups in total. The lowest BCUT2D eigenvalue weighted by Gasteiger charge is -2.09. The molecular formula is C14H15ClN2O2. The molecule has 0 amide bonds. The third kappa shape index (κ3) is 3.83. The number of hydrogen-bond acceptors (Lipinski definition) is 3. The fourth-order valence-corrected chi connectivity index (χ4v) is 2.07. The summed E-state index contributed by atoms with van der Waals surface area (Å²) < 4.78 is 0. The number of fused-ring (bicyclic) bond motifs is 1. The zero-order chi connectivity index (χ0) is 13.7. The van der Waals surface area contributed by atoms with E-state index in [-0.39, 0.29) is 6.42 Å². The maximum atomic E-state index is 10.4. The number of halogens is 1. The summed E-state index contributed by atoms with van der Waals surface area (Å²) in [5.74, 6) is -0.746. The summed E-state index contributed by atoms with van der Waals surface area (Å²) in [7, 11) is 0. The predicted molar refractivity (Wildman–Crippen MR) is 76.7 cm³/mol. The first-order valence-electron chi connectivity index (χ1n) is 6.17. The van der Waals surface area contributed by atoms with Crippen molar-refractivity contribution in [3.63, 3.8) is 0 Å². The van der Waals surface area contributed by atoms with E-state index in [2.05, 4.69) is 10.3 Å². The van der Waals surface area contributed by atoms with Crippen molar-refractivity contribution in [1.29, 1.82) is 0 Å². The molecule has 100 valence electrons. The number of hydrogen-bond donors (Lipinski definition) is 2. The van der Waals surface area contributed by atoms with Crippen LogP contribution in [0.2, 0.25) is 5.02 Å². The Balaban J connectivity index is 1.99. The van der Waals surface area contributed by atoms with Crippen molar-refractivity contribution >= 4 is 34.2 Å². The van der Waals surface area contributed by atoms with Crippen LogP contribution in [0.3, 0.4) is 0 Å². The Morgan fingerprint density at radius 3 is 2.95 bits per heavy atom. The maximum Gasteiger partial charge on any atom is 0.303 e. The molecule has 0 fully saturated rings. The molecule has 0 bridgehead atoms. The van der Waals surface area contributed by atoms with E-state index < -0.39 is 5.97 Å². The molecule has 0 aliphatic heterocycles. The van der Waals surface area contributed by atoms with Gasteiger partial charge in [-0.05, 0) is 37.1 Å². The Morgan fingerprint density at radius 1 is 1.32 bits per heavy atom. The Bertz CT molecular complexity index is 587. The number of nitrogens with zero attached hydrogens (tertiary/aromatic N) is 1. The van der Waals surface area contributed by atoms with Gasteiger partial charge in [0.25, 0.3) is 0 Å². The van der Waals surface area contributed by atoms with Gasteiger partial charge in [-0.3, -0.25) is 9.78 Å². The van der Waals surface area contributed by atoms with Crippen LogP contribution in [0.15, 0.2) is 30.5 Å². The van der Waals surface area contributed by atoms with Crippen LogP contribution in [0.25, 0.3) is 10.9 Å². The molecule has 5 heteroatoms. The van der Waals surface area contributed by atoms with Crippen molar-refractivity contribution in [2.75, 3.05) is 11.9 Å². The molecule has 1 aromatic carbocycles. The number of benzene rings is 1. The molecule has 0 saturated heterocycles. The van der Waals surface area contributed by atoms with Crippen LogP contribution in [0.1, 0.15) is 19.3 Å². The fourth-order valence-electron chi connectivity index (χ4n) is 1.90. The first-order valence-corrected chi connectivity index (χ1v) is 6.54. The lowest BCUT2D eigenvalue weighted by Crippen LogP contribution is -2.03. The summed E-state index contributed by atoms with van der Waals surface area (Å²) >= 11 is 5.93. The zero-order valence-electron chi connectivity index (χ0n) is 10.4. The normalized spacial score (nSPS) is 10.6. The molecule has 1 heterocycles. The quantitative estimate of drug-likeness (QED) is 0.793. The Labute approximate surface area is 116 Å². The Kier molecular flexibility index (Phi) is 4.58. The summed E-state index contributed by atoms with van der Waals surface area (Å²) in [6, 6.07) is 7.51. The molecule has 0 aliphatic carbocycles. The van der Waals surface area contributed by atoms with Crippen molar-refractivity contribution in [3.8, 4) is 0 Å². The van der Waals surface area contributed by atoms with Crippen LogP contribution < -0.4 is 5.32 Å². The van der Waals surface area contributed by atoms with Gasteiger partial charge in [0.15, 0.2) is 0 Å². The number of unbranched alkanes of at least 4 members (excludes halogenated alkanes) is 1. The second kappa shape index (κ2) is 6.38. The number of anilines is 1. The molecule has 0 radical (unpaired) electrons. The molecule has 0 atom stereocenters. The second-order valence-electron chi connectivity index (χ2n) is 4.30. The van der Waals surface area contributed by atoms with Gasteiger partial charge in [-0.1, -0.05) is 11.6 Å². The van der Waals surface area contributed by atoms with E-state index in [4.69, 9.17) is 16.7 Å². The minimum absolute atomic E-state index is 0.217. The number of nitrogens with one attached hydrogen (secondary N) is 1. The van der Waals surface area contributed by atoms with E-state index in [1.54, 1.807) is 6.20 Å². The molecule has 2 rings (SSSR count). The topological polar surface area (TPSA) is 62.2 Å². The van der Waals surface area contributed by atoms with Gasteiger partial charge in [-0.15, -0.1) is 0 Å². The highest BCUT2D eigenvalue weighted by atomic mass is 35.5. The first-order chi connectivity index (χ1) is 9.16. The van der Waals surface area contributed by atoms with Gasteiger partial charge in [-0.25, -0.2) is 0 Å². The summed E-state index contributed by atoms with van der Waals surface area (Å²) in [6.45, 7) is 0.745. The van der Waals surface area contributed by atoms with Gasteiger partial charge in [-0.2, -0.15) is 0 Å². The van der Waals surface area contributed by atoms with Gasteiger partial charge >= 0.3 is 5.97 Å². The minimum Gasteiger partial charge on any atom is -0.481 e.